The quantitative estimate of drug-likeness (QED) is 0.694. The third-order valence-electron chi connectivity index (χ3n) is 3.84. The number of carbonyl (C=O) groups excluding carboxylic acids is 1. The molecule has 0 radical (unpaired) electrons. The minimum atomic E-state index is -0.104. The van der Waals surface area contributed by atoms with Crippen molar-refractivity contribution in [3.63, 3.8) is 0 Å². The monoisotopic (exact) mass is 226 g/mol. The molecule has 0 aromatic heterocycles. The first-order valence-corrected chi connectivity index (χ1v) is 6.45. The van der Waals surface area contributed by atoms with Crippen LogP contribution in [0.5, 0.6) is 0 Å². The molecule has 1 saturated heterocycles. The second kappa shape index (κ2) is 5.28. The van der Waals surface area contributed by atoms with E-state index in [1.165, 1.54) is 6.42 Å². The molecule has 0 spiro atoms. The third kappa shape index (κ3) is 3.05. The summed E-state index contributed by atoms with van der Waals surface area (Å²) in [5.41, 5.74) is -0.104. The third-order valence-corrected chi connectivity index (χ3v) is 3.84. The Morgan fingerprint density at radius 3 is 2.56 bits per heavy atom. The van der Waals surface area contributed by atoms with Gasteiger partial charge in [-0.25, -0.2) is 0 Å². The van der Waals surface area contributed by atoms with E-state index < -0.39 is 0 Å². The summed E-state index contributed by atoms with van der Waals surface area (Å²) < 4.78 is 11.5. The minimum absolute atomic E-state index is 0.0133. The number of ether oxygens (including phenoxy) is 2. The number of carbonyl (C=O) groups is 1. The Bertz CT molecular complexity index is 225. The number of rotatable bonds is 3. The molecule has 1 heterocycles. The van der Waals surface area contributed by atoms with Gasteiger partial charge >= 0.3 is 0 Å². The van der Waals surface area contributed by atoms with E-state index in [2.05, 4.69) is 0 Å². The molecule has 3 nitrogen and oxygen atoms in total. The SMILES string of the molecule is CC1(C=O)CCC(O[C@@H]2CCCCO2)CC1. The van der Waals surface area contributed by atoms with Crippen molar-refractivity contribution in [1.29, 1.82) is 0 Å². The Balaban J connectivity index is 1.74. The van der Waals surface area contributed by atoms with Crippen LogP contribution in [0.4, 0.5) is 0 Å². The van der Waals surface area contributed by atoms with Crippen molar-refractivity contribution < 1.29 is 14.3 Å². The molecule has 0 aromatic rings. The van der Waals surface area contributed by atoms with Gasteiger partial charge in [0.05, 0.1) is 6.10 Å². The van der Waals surface area contributed by atoms with Crippen LogP contribution in [0.2, 0.25) is 0 Å². The lowest BCUT2D eigenvalue weighted by Crippen LogP contribution is -2.34. The van der Waals surface area contributed by atoms with Crippen LogP contribution in [-0.2, 0) is 14.3 Å². The zero-order chi connectivity index (χ0) is 11.4. The molecule has 2 aliphatic rings. The van der Waals surface area contributed by atoms with E-state index in [0.29, 0.717) is 6.10 Å². The molecule has 1 aliphatic carbocycles. The van der Waals surface area contributed by atoms with Crippen molar-refractivity contribution in [1.82, 2.24) is 0 Å². The van der Waals surface area contributed by atoms with Gasteiger partial charge in [0.2, 0.25) is 0 Å². The summed E-state index contributed by atoms with van der Waals surface area (Å²) >= 11 is 0. The van der Waals surface area contributed by atoms with Crippen molar-refractivity contribution in [2.45, 2.75) is 64.3 Å². The molecule has 92 valence electrons. The van der Waals surface area contributed by atoms with E-state index in [4.69, 9.17) is 9.47 Å². The van der Waals surface area contributed by atoms with Crippen LogP contribution in [0, 0.1) is 5.41 Å². The van der Waals surface area contributed by atoms with Gasteiger partial charge in [0.25, 0.3) is 0 Å². The maximum absolute atomic E-state index is 10.9. The molecule has 16 heavy (non-hydrogen) atoms. The summed E-state index contributed by atoms with van der Waals surface area (Å²) in [5, 5.41) is 0. The van der Waals surface area contributed by atoms with Gasteiger partial charge in [-0.2, -0.15) is 0 Å². The van der Waals surface area contributed by atoms with Crippen LogP contribution >= 0.6 is 0 Å². The van der Waals surface area contributed by atoms with Crippen molar-refractivity contribution in [2.24, 2.45) is 5.41 Å². The molecule has 2 fully saturated rings. The Labute approximate surface area is 97.5 Å². The molecule has 1 aliphatic heterocycles. The van der Waals surface area contributed by atoms with Gasteiger partial charge in [0, 0.05) is 12.0 Å². The summed E-state index contributed by atoms with van der Waals surface area (Å²) in [7, 11) is 0. The Morgan fingerprint density at radius 1 is 1.25 bits per heavy atom. The molecular weight excluding hydrogens is 204 g/mol. The topological polar surface area (TPSA) is 35.5 Å². The lowest BCUT2D eigenvalue weighted by molar-refractivity contribution is -0.196. The van der Waals surface area contributed by atoms with Crippen molar-refractivity contribution in [3.05, 3.63) is 0 Å². The first-order chi connectivity index (χ1) is 7.72. The smallest absolute Gasteiger partial charge is 0.157 e. The Morgan fingerprint density at radius 2 is 2.00 bits per heavy atom. The zero-order valence-corrected chi connectivity index (χ0v) is 10.1. The van der Waals surface area contributed by atoms with Gasteiger partial charge in [-0.05, 0) is 44.9 Å². The van der Waals surface area contributed by atoms with Gasteiger partial charge in [-0.3, -0.25) is 0 Å². The summed E-state index contributed by atoms with van der Waals surface area (Å²) in [5.74, 6) is 0. The molecule has 0 unspecified atom stereocenters. The summed E-state index contributed by atoms with van der Waals surface area (Å²) in [6.45, 7) is 2.89. The summed E-state index contributed by atoms with van der Waals surface area (Å²) in [6, 6.07) is 0. The van der Waals surface area contributed by atoms with Crippen LogP contribution < -0.4 is 0 Å². The fourth-order valence-electron chi connectivity index (χ4n) is 2.54. The van der Waals surface area contributed by atoms with E-state index in [0.717, 1.165) is 51.4 Å². The molecule has 1 saturated carbocycles. The summed E-state index contributed by atoms with van der Waals surface area (Å²) in [6.07, 6.45) is 8.72. The first-order valence-electron chi connectivity index (χ1n) is 6.45. The molecule has 3 heteroatoms. The highest BCUT2D eigenvalue weighted by Crippen LogP contribution is 2.35. The molecule has 0 bridgehead atoms. The van der Waals surface area contributed by atoms with E-state index >= 15 is 0 Å². The van der Waals surface area contributed by atoms with Gasteiger partial charge in [-0.15, -0.1) is 0 Å². The first kappa shape index (κ1) is 12.1. The van der Waals surface area contributed by atoms with Gasteiger partial charge in [0.1, 0.15) is 6.29 Å². The molecule has 0 aromatic carbocycles. The van der Waals surface area contributed by atoms with Crippen molar-refractivity contribution >= 4 is 6.29 Å². The largest absolute Gasteiger partial charge is 0.353 e. The minimum Gasteiger partial charge on any atom is -0.353 e. The predicted octanol–water partition coefficient (Wildman–Crippen LogP) is 2.68. The van der Waals surface area contributed by atoms with Crippen LogP contribution in [0.1, 0.15) is 51.9 Å². The average molecular weight is 226 g/mol. The molecule has 1 atom stereocenters. The molecule has 2 rings (SSSR count). The average Bonchev–Trinajstić information content (AvgIpc) is 2.34. The maximum atomic E-state index is 10.9. The van der Waals surface area contributed by atoms with Crippen LogP contribution in [0.15, 0.2) is 0 Å². The van der Waals surface area contributed by atoms with Crippen LogP contribution in [-0.4, -0.2) is 25.3 Å². The second-order valence-corrected chi connectivity index (χ2v) is 5.40. The van der Waals surface area contributed by atoms with Gasteiger partial charge in [-0.1, -0.05) is 6.92 Å². The highest BCUT2D eigenvalue weighted by molar-refractivity contribution is 5.58. The van der Waals surface area contributed by atoms with E-state index in [-0.39, 0.29) is 11.7 Å². The van der Waals surface area contributed by atoms with Crippen LogP contribution in [0.25, 0.3) is 0 Å². The van der Waals surface area contributed by atoms with E-state index in [9.17, 15) is 4.79 Å². The second-order valence-electron chi connectivity index (χ2n) is 5.40. The molecule has 0 N–H and O–H groups in total. The Kier molecular flexibility index (Phi) is 3.98. The van der Waals surface area contributed by atoms with Crippen LogP contribution in [0.3, 0.4) is 0 Å². The van der Waals surface area contributed by atoms with E-state index in [1.807, 2.05) is 6.92 Å². The highest BCUT2D eigenvalue weighted by atomic mass is 16.7. The number of aldehydes is 1. The fraction of sp³-hybridized carbons (Fsp3) is 0.923. The lowest BCUT2D eigenvalue weighted by atomic mass is 9.76. The van der Waals surface area contributed by atoms with Crippen molar-refractivity contribution in [2.75, 3.05) is 6.61 Å². The maximum Gasteiger partial charge on any atom is 0.157 e. The number of hydrogen-bond donors (Lipinski definition) is 0. The fourth-order valence-corrected chi connectivity index (χ4v) is 2.54. The zero-order valence-electron chi connectivity index (χ0n) is 10.1. The van der Waals surface area contributed by atoms with Gasteiger partial charge in [0.15, 0.2) is 6.29 Å². The Hall–Kier alpha value is -0.410. The molecule has 0 amide bonds. The van der Waals surface area contributed by atoms with E-state index in [1.54, 1.807) is 0 Å². The highest BCUT2D eigenvalue weighted by Gasteiger charge is 2.32. The standard InChI is InChI=1S/C13H22O3/c1-13(10-14)7-5-11(6-8-13)16-12-4-2-3-9-15-12/h10-12H,2-9H2,1H3/t11?,12-,13?/m1/s1. The summed E-state index contributed by atoms with van der Waals surface area (Å²) in [4.78, 5) is 10.9. The number of hydrogen-bond acceptors (Lipinski definition) is 3. The van der Waals surface area contributed by atoms with Crippen molar-refractivity contribution in [3.8, 4) is 0 Å². The lowest BCUT2D eigenvalue weighted by Gasteiger charge is -2.35. The predicted molar refractivity (Wildman–Crippen MR) is 61.1 cm³/mol. The molecular formula is C13H22O3. The van der Waals surface area contributed by atoms with Gasteiger partial charge < -0.3 is 14.3 Å². The normalized spacial score (nSPS) is 40.6.